The fourth-order valence-electron chi connectivity index (χ4n) is 3.76. The number of carboxylic acids is 1. The van der Waals surface area contributed by atoms with E-state index < -0.39 is 36.0 Å². The molecule has 170 valence electrons. The Labute approximate surface area is 186 Å². The lowest BCUT2D eigenvalue weighted by Crippen LogP contribution is -2.47. The second kappa shape index (κ2) is 9.82. The molecule has 0 spiro atoms. The summed E-state index contributed by atoms with van der Waals surface area (Å²) in [5.74, 6) is -1.80. The highest BCUT2D eigenvalue weighted by atomic mass is 16.7. The Bertz CT molecular complexity index is 952. The van der Waals surface area contributed by atoms with Crippen molar-refractivity contribution in [3.05, 3.63) is 59.7 Å². The molecule has 3 rings (SSSR count). The summed E-state index contributed by atoms with van der Waals surface area (Å²) in [6, 6.07) is 15.6. The quantitative estimate of drug-likeness (QED) is 0.542. The van der Waals surface area contributed by atoms with Gasteiger partial charge in [0.1, 0.15) is 6.61 Å². The van der Waals surface area contributed by atoms with E-state index in [0.717, 1.165) is 22.3 Å². The summed E-state index contributed by atoms with van der Waals surface area (Å²) in [6.45, 7) is 5.17. The van der Waals surface area contributed by atoms with Gasteiger partial charge < -0.3 is 15.2 Å². The second-order valence-corrected chi connectivity index (χ2v) is 8.80. The van der Waals surface area contributed by atoms with E-state index in [1.165, 1.54) is 0 Å². The molecule has 0 aliphatic heterocycles. The molecular weight excluding hydrogens is 412 g/mol. The van der Waals surface area contributed by atoms with Gasteiger partial charge in [0.15, 0.2) is 6.61 Å². The molecule has 8 nitrogen and oxygen atoms in total. The third kappa shape index (κ3) is 5.64. The van der Waals surface area contributed by atoms with Crippen molar-refractivity contribution in [2.24, 2.45) is 5.41 Å². The second-order valence-electron chi connectivity index (χ2n) is 8.80. The Morgan fingerprint density at radius 3 is 2.09 bits per heavy atom. The minimum atomic E-state index is -1.20. The molecule has 3 N–H and O–H groups in total. The highest BCUT2D eigenvalue weighted by Crippen LogP contribution is 2.44. The van der Waals surface area contributed by atoms with Gasteiger partial charge in [-0.25, -0.2) is 15.1 Å². The van der Waals surface area contributed by atoms with E-state index >= 15 is 0 Å². The first-order valence-corrected chi connectivity index (χ1v) is 10.4. The van der Waals surface area contributed by atoms with E-state index in [1.807, 2.05) is 57.2 Å². The molecule has 1 unspecified atom stereocenters. The first kappa shape index (κ1) is 23.3. The number of carboxylic acid groups (broad SMARTS) is 1. The molecular formula is C24H28N2O6. The molecule has 0 radical (unpaired) electrons. The average molecular weight is 440 g/mol. The van der Waals surface area contributed by atoms with Crippen LogP contribution in [0.15, 0.2) is 48.5 Å². The van der Waals surface area contributed by atoms with Gasteiger partial charge in [0.25, 0.3) is 0 Å². The van der Waals surface area contributed by atoms with Gasteiger partial charge in [0.05, 0.1) is 0 Å². The summed E-state index contributed by atoms with van der Waals surface area (Å²) in [5.41, 5.74) is 6.14. The predicted octanol–water partition coefficient (Wildman–Crippen LogP) is 3.46. The van der Waals surface area contributed by atoms with Crippen LogP contribution in [0, 0.1) is 5.41 Å². The number of hydroxylamine groups is 1. The Hall–Kier alpha value is -3.39. The predicted molar refractivity (Wildman–Crippen MR) is 118 cm³/mol. The van der Waals surface area contributed by atoms with Crippen LogP contribution in [0.3, 0.4) is 0 Å². The van der Waals surface area contributed by atoms with Crippen molar-refractivity contribution in [1.82, 2.24) is 10.8 Å². The van der Waals surface area contributed by atoms with Crippen molar-refractivity contribution in [3.63, 3.8) is 0 Å². The average Bonchev–Trinajstić information content (AvgIpc) is 3.05. The number of ether oxygens (including phenoxy) is 1. The Morgan fingerprint density at radius 2 is 1.56 bits per heavy atom. The van der Waals surface area contributed by atoms with Crippen LogP contribution in [0.25, 0.3) is 11.1 Å². The number of carbonyl (C=O) groups is 3. The lowest BCUT2D eigenvalue weighted by atomic mass is 9.84. The third-order valence-corrected chi connectivity index (χ3v) is 5.45. The smallest absolute Gasteiger partial charge is 0.407 e. The molecule has 2 aromatic carbocycles. The van der Waals surface area contributed by atoms with E-state index in [4.69, 9.17) is 9.84 Å². The van der Waals surface area contributed by atoms with Gasteiger partial charge in [0.2, 0.25) is 5.91 Å². The van der Waals surface area contributed by atoms with Gasteiger partial charge in [-0.05, 0) is 27.7 Å². The molecule has 0 heterocycles. The molecule has 1 aliphatic rings. The summed E-state index contributed by atoms with van der Waals surface area (Å²) >= 11 is 0. The van der Waals surface area contributed by atoms with Gasteiger partial charge >= 0.3 is 12.1 Å². The van der Waals surface area contributed by atoms with Gasteiger partial charge in [-0.2, -0.15) is 0 Å². The van der Waals surface area contributed by atoms with Gasteiger partial charge in [-0.1, -0.05) is 69.3 Å². The van der Waals surface area contributed by atoms with Crippen LogP contribution in [0.2, 0.25) is 0 Å². The van der Waals surface area contributed by atoms with Gasteiger partial charge in [0, 0.05) is 18.4 Å². The van der Waals surface area contributed by atoms with Crippen molar-refractivity contribution in [2.75, 3.05) is 13.2 Å². The van der Waals surface area contributed by atoms with Crippen molar-refractivity contribution in [3.8, 4) is 11.1 Å². The van der Waals surface area contributed by atoms with Crippen LogP contribution in [-0.2, 0) is 19.2 Å². The number of benzene rings is 2. The van der Waals surface area contributed by atoms with Crippen LogP contribution < -0.4 is 10.8 Å². The number of hydrogen-bond acceptors (Lipinski definition) is 5. The topological polar surface area (TPSA) is 114 Å². The molecule has 0 bridgehead atoms. The van der Waals surface area contributed by atoms with Crippen LogP contribution in [0.1, 0.15) is 44.2 Å². The summed E-state index contributed by atoms with van der Waals surface area (Å²) in [4.78, 5) is 39.8. The van der Waals surface area contributed by atoms with E-state index in [1.54, 1.807) is 0 Å². The number of fused-ring (bicyclic) bond motifs is 3. The van der Waals surface area contributed by atoms with Gasteiger partial charge in [-0.15, -0.1) is 0 Å². The number of hydrogen-bond donors (Lipinski definition) is 3. The van der Waals surface area contributed by atoms with Crippen molar-refractivity contribution in [1.29, 1.82) is 0 Å². The Morgan fingerprint density at radius 1 is 1.00 bits per heavy atom. The monoisotopic (exact) mass is 440 g/mol. The number of alkyl carbamates (subject to hydrolysis) is 1. The third-order valence-electron chi connectivity index (χ3n) is 5.45. The fraction of sp³-hybridized carbons (Fsp3) is 0.375. The molecule has 32 heavy (non-hydrogen) atoms. The summed E-state index contributed by atoms with van der Waals surface area (Å²) in [7, 11) is 0. The summed E-state index contributed by atoms with van der Waals surface area (Å²) in [5, 5.41) is 11.3. The minimum Gasteiger partial charge on any atom is -0.479 e. The molecule has 0 saturated carbocycles. The van der Waals surface area contributed by atoms with E-state index in [2.05, 4.69) is 27.8 Å². The molecule has 1 atom stereocenters. The zero-order valence-corrected chi connectivity index (χ0v) is 18.4. The molecule has 8 heteroatoms. The van der Waals surface area contributed by atoms with Crippen LogP contribution in [-0.4, -0.2) is 42.3 Å². The molecule has 0 saturated heterocycles. The lowest BCUT2D eigenvalue weighted by molar-refractivity contribution is -0.149. The van der Waals surface area contributed by atoms with Crippen LogP contribution in [0.5, 0.6) is 0 Å². The number of amides is 2. The van der Waals surface area contributed by atoms with E-state index in [9.17, 15) is 14.4 Å². The zero-order valence-electron chi connectivity index (χ0n) is 18.4. The Kier molecular flexibility index (Phi) is 7.15. The van der Waals surface area contributed by atoms with Crippen molar-refractivity contribution < 1.29 is 29.1 Å². The molecule has 0 aromatic heterocycles. The maximum absolute atomic E-state index is 12.6. The maximum Gasteiger partial charge on any atom is 0.407 e. The maximum atomic E-state index is 12.6. The number of rotatable bonds is 8. The zero-order chi connectivity index (χ0) is 23.3. The number of nitrogens with one attached hydrogen (secondary N) is 2. The summed E-state index contributed by atoms with van der Waals surface area (Å²) in [6.07, 6.45) is -0.709. The normalized spacial score (nSPS) is 13.6. The number of aliphatic carboxylic acids is 1. The van der Waals surface area contributed by atoms with Crippen molar-refractivity contribution in [2.45, 2.75) is 39.2 Å². The van der Waals surface area contributed by atoms with Gasteiger partial charge in [-0.3, -0.25) is 9.63 Å². The minimum absolute atomic E-state index is 0.0612. The van der Waals surface area contributed by atoms with Crippen LogP contribution in [0.4, 0.5) is 4.79 Å². The fourth-order valence-corrected chi connectivity index (χ4v) is 3.76. The Balaban J connectivity index is 1.61. The first-order chi connectivity index (χ1) is 15.2. The van der Waals surface area contributed by atoms with Crippen LogP contribution >= 0.6 is 0 Å². The number of carbonyl (C=O) groups excluding carboxylic acids is 2. The first-order valence-electron chi connectivity index (χ1n) is 10.4. The van der Waals surface area contributed by atoms with Crippen molar-refractivity contribution >= 4 is 18.0 Å². The van der Waals surface area contributed by atoms with E-state index in [-0.39, 0.29) is 18.9 Å². The molecule has 2 aromatic rings. The highest BCUT2D eigenvalue weighted by molar-refractivity contribution is 5.79. The summed E-state index contributed by atoms with van der Waals surface area (Å²) < 4.78 is 5.57. The SMILES string of the molecule is CC(C)(C)C(CC(=O)NOCC(=O)O)NC(=O)OCC1c2ccccc2-c2ccccc21. The highest BCUT2D eigenvalue weighted by Gasteiger charge is 2.31. The lowest BCUT2D eigenvalue weighted by Gasteiger charge is -2.30. The standard InChI is InChI=1S/C24H28N2O6/c1-24(2,3)20(12-21(27)26-32-14-22(28)29)25-23(30)31-13-19-17-10-6-4-8-15(17)16-9-5-7-11-18(16)19/h4-11,19-20H,12-14H2,1-3H3,(H,25,30)(H,26,27)(H,28,29). The largest absolute Gasteiger partial charge is 0.479 e. The molecule has 1 aliphatic carbocycles. The van der Waals surface area contributed by atoms with E-state index in [0.29, 0.717) is 0 Å². The molecule has 0 fully saturated rings. The molecule has 2 amide bonds.